The summed E-state index contributed by atoms with van der Waals surface area (Å²) in [5.74, 6) is 0.422. The number of alkyl halides is 3. The molecule has 2 saturated carbocycles. The lowest BCUT2D eigenvalue weighted by molar-refractivity contribution is -0.275. The van der Waals surface area contributed by atoms with Crippen LogP contribution >= 0.6 is 0 Å². The van der Waals surface area contributed by atoms with Gasteiger partial charge in [0.1, 0.15) is 5.82 Å². The van der Waals surface area contributed by atoms with E-state index in [9.17, 15) is 17.6 Å². The molecular weight excluding hydrogens is 507 g/mol. The van der Waals surface area contributed by atoms with Crippen LogP contribution in [0.5, 0.6) is 5.75 Å². The van der Waals surface area contributed by atoms with Crippen LogP contribution in [0.4, 0.5) is 22.0 Å². The largest absolute Gasteiger partial charge is 0.573 e. The number of rotatable bonds is 6. The fraction of sp³-hybridized carbons (Fsp3) is 0.515. The van der Waals surface area contributed by atoms with Crippen molar-refractivity contribution in [2.24, 2.45) is 17.8 Å². The Hall–Kier alpha value is -2.63. The predicted octanol–water partition coefficient (Wildman–Crippen LogP) is 10.5. The average Bonchev–Trinajstić information content (AvgIpc) is 2.94. The molecule has 1 nitrogen and oxygen atoms in total. The van der Waals surface area contributed by atoms with Crippen LogP contribution in [-0.2, 0) is 0 Å². The summed E-state index contributed by atoms with van der Waals surface area (Å²) in [5, 5.41) is 0. The Bertz CT molecular complexity index is 1180. The van der Waals surface area contributed by atoms with Gasteiger partial charge in [-0.05, 0) is 135 Å². The Kier molecular flexibility index (Phi) is 8.49. The van der Waals surface area contributed by atoms with Crippen molar-refractivity contribution < 1.29 is 26.7 Å². The van der Waals surface area contributed by atoms with Gasteiger partial charge >= 0.3 is 6.36 Å². The first kappa shape index (κ1) is 27.9. The van der Waals surface area contributed by atoms with Crippen molar-refractivity contribution in [2.45, 2.75) is 88.8 Å². The normalized spacial score (nSPS) is 28.0. The van der Waals surface area contributed by atoms with Crippen molar-refractivity contribution in [3.05, 3.63) is 83.5 Å². The van der Waals surface area contributed by atoms with Crippen molar-refractivity contribution in [3.63, 3.8) is 0 Å². The quantitative estimate of drug-likeness (QED) is 0.260. The molecule has 0 bridgehead atoms. The second-order valence-corrected chi connectivity index (χ2v) is 11.7. The molecule has 1 atom stereocenters. The standard InChI is InChI=1S/C33H37F5O/c1-2-21-3-5-24(6-4-21)27-15-17-29(30(34)19-27)26-13-11-23(12-14-26)22-7-9-25(10-8-22)28-16-18-32(31(35)20-28)39-33(36,37)38/h2,13,15-25H,1,3-12,14H2. The van der Waals surface area contributed by atoms with Crippen LogP contribution in [0.1, 0.15) is 99.2 Å². The zero-order valence-corrected chi connectivity index (χ0v) is 22.3. The Morgan fingerprint density at radius 3 is 1.90 bits per heavy atom. The molecule has 0 aromatic heterocycles. The highest BCUT2D eigenvalue weighted by Gasteiger charge is 2.33. The lowest BCUT2D eigenvalue weighted by Gasteiger charge is -2.36. The summed E-state index contributed by atoms with van der Waals surface area (Å²) in [6, 6.07) is 9.68. The van der Waals surface area contributed by atoms with Gasteiger partial charge in [0.05, 0.1) is 0 Å². The SMILES string of the molecule is C=CC1CCC(c2ccc(C3=CCC(C4CCC(c5ccc(OC(F)(F)F)c(F)c5)CC4)CC3)c(F)c2)CC1. The Morgan fingerprint density at radius 1 is 0.744 bits per heavy atom. The fourth-order valence-electron chi connectivity index (χ4n) is 7.16. The minimum absolute atomic E-state index is 0.109. The average molecular weight is 545 g/mol. The zero-order valence-electron chi connectivity index (χ0n) is 22.3. The molecule has 3 aliphatic carbocycles. The second kappa shape index (κ2) is 11.9. The van der Waals surface area contributed by atoms with Gasteiger partial charge < -0.3 is 4.74 Å². The second-order valence-electron chi connectivity index (χ2n) is 11.7. The van der Waals surface area contributed by atoms with E-state index in [0.29, 0.717) is 23.7 Å². The van der Waals surface area contributed by atoms with E-state index in [1.54, 1.807) is 12.1 Å². The smallest absolute Gasteiger partial charge is 0.403 e. The van der Waals surface area contributed by atoms with E-state index in [0.717, 1.165) is 99.0 Å². The Labute approximate surface area is 228 Å². The molecule has 39 heavy (non-hydrogen) atoms. The molecule has 0 spiro atoms. The third-order valence-electron chi connectivity index (χ3n) is 9.46. The zero-order chi connectivity index (χ0) is 27.6. The van der Waals surface area contributed by atoms with E-state index in [1.807, 2.05) is 12.1 Å². The van der Waals surface area contributed by atoms with Crippen molar-refractivity contribution in [3.8, 4) is 5.75 Å². The third-order valence-corrected chi connectivity index (χ3v) is 9.46. The number of allylic oxidation sites excluding steroid dienone is 3. The Morgan fingerprint density at radius 2 is 1.36 bits per heavy atom. The number of hydrogen-bond acceptors (Lipinski definition) is 1. The summed E-state index contributed by atoms with van der Waals surface area (Å²) < 4.78 is 70.4. The van der Waals surface area contributed by atoms with Gasteiger partial charge in [0.25, 0.3) is 0 Å². The van der Waals surface area contributed by atoms with Crippen molar-refractivity contribution in [2.75, 3.05) is 0 Å². The van der Waals surface area contributed by atoms with Gasteiger partial charge in [0.2, 0.25) is 0 Å². The van der Waals surface area contributed by atoms with Gasteiger partial charge in [0.15, 0.2) is 11.6 Å². The van der Waals surface area contributed by atoms with Crippen LogP contribution < -0.4 is 4.74 Å². The lowest BCUT2D eigenvalue weighted by atomic mass is 9.70. The first-order valence-electron chi connectivity index (χ1n) is 14.4. The predicted molar refractivity (Wildman–Crippen MR) is 144 cm³/mol. The van der Waals surface area contributed by atoms with E-state index in [1.165, 1.54) is 6.07 Å². The van der Waals surface area contributed by atoms with Gasteiger partial charge in [-0.15, -0.1) is 19.8 Å². The number of benzene rings is 2. The molecule has 210 valence electrons. The molecule has 6 heteroatoms. The summed E-state index contributed by atoms with van der Waals surface area (Å²) in [5.41, 5.74) is 3.70. The minimum atomic E-state index is -4.91. The van der Waals surface area contributed by atoms with Gasteiger partial charge in [0, 0.05) is 5.56 Å². The summed E-state index contributed by atoms with van der Waals surface area (Å²) >= 11 is 0. The molecule has 5 rings (SSSR count). The van der Waals surface area contributed by atoms with Crippen LogP contribution in [-0.4, -0.2) is 6.36 Å². The molecule has 0 radical (unpaired) electrons. The van der Waals surface area contributed by atoms with E-state index in [4.69, 9.17) is 0 Å². The highest BCUT2D eigenvalue weighted by Crippen LogP contribution is 2.45. The summed E-state index contributed by atoms with van der Waals surface area (Å²) in [4.78, 5) is 0. The van der Waals surface area contributed by atoms with E-state index < -0.39 is 17.9 Å². The molecule has 0 heterocycles. The van der Waals surface area contributed by atoms with Crippen LogP contribution in [0.15, 0.2) is 55.1 Å². The summed E-state index contributed by atoms with van der Waals surface area (Å²) in [6.45, 7) is 3.91. The summed E-state index contributed by atoms with van der Waals surface area (Å²) in [7, 11) is 0. The molecule has 0 amide bonds. The number of halogens is 5. The molecule has 2 fully saturated rings. The van der Waals surface area contributed by atoms with Gasteiger partial charge in [-0.3, -0.25) is 0 Å². The minimum Gasteiger partial charge on any atom is -0.403 e. The molecule has 2 aromatic carbocycles. The Balaban J connectivity index is 1.14. The fourth-order valence-corrected chi connectivity index (χ4v) is 7.16. The highest BCUT2D eigenvalue weighted by molar-refractivity contribution is 5.67. The lowest BCUT2D eigenvalue weighted by Crippen LogP contribution is -2.23. The van der Waals surface area contributed by atoms with Gasteiger partial charge in [-0.2, -0.15) is 0 Å². The van der Waals surface area contributed by atoms with Crippen LogP contribution in [0.25, 0.3) is 5.57 Å². The molecule has 0 N–H and O–H groups in total. The monoisotopic (exact) mass is 544 g/mol. The topological polar surface area (TPSA) is 9.23 Å². The maximum Gasteiger partial charge on any atom is 0.573 e. The number of ether oxygens (including phenoxy) is 1. The third kappa shape index (κ3) is 6.75. The molecule has 2 aromatic rings. The first-order valence-corrected chi connectivity index (χ1v) is 14.4. The van der Waals surface area contributed by atoms with E-state index in [-0.39, 0.29) is 11.7 Å². The van der Waals surface area contributed by atoms with Gasteiger partial charge in [-0.1, -0.05) is 30.4 Å². The van der Waals surface area contributed by atoms with Gasteiger partial charge in [-0.25, -0.2) is 8.78 Å². The molecule has 0 aliphatic heterocycles. The van der Waals surface area contributed by atoms with Crippen molar-refractivity contribution in [1.82, 2.24) is 0 Å². The number of hydrogen-bond donors (Lipinski definition) is 0. The summed E-state index contributed by atoms with van der Waals surface area (Å²) in [6.07, 6.45) is 10.5. The molecule has 1 unspecified atom stereocenters. The maximum atomic E-state index is 15.2. The molecular formula is C33H37F5O. The maximum absolute atomic E-state index is 15.2. The first-order chi connectivity index (χ1) is 18.7. The molecule has 0 saturated heterocycles. The molecule has 3 aliphatic rings. The van der Waals surface area contributed by atoms with Crippen molar-refractivity contribution in [1.29, 1.82) is 0 Å². The van der Waals surface area contributed by atoms with Crippen LogP contribution in [0.2, 0.25) is 0 Å². The van der Waals surface area contributed by atoms with Crippen LogP contribution in [0.3, 0.4) is 0 Å². The van der Waals surface area contributed by atoms with Crippen molar-refractivity contribution >= 4 is 5.57 Å². The van der Waals surface area contributed by atoms with E-state index in [2.05, 4.69) is 23.5 Å². The van der Waals surface area contributed by atoms with Crippen LogP contribution in [0, 0.1) is 29.4 Å². The highest BCUT2D eigenvalue weighted by atomic mass is 19.4. The van der Waals surface area contributed by atoms with E-state index >= 15 is 4.39 Å².